The zero-order chi connectivity index (χ0) is 27.0. The molecule has 1 N–H and O–H groups in total. The second-order valence-corrected chi connectivity index (χ2v) is 10.6. The fourth-order valence-electron chi connectivity index (χ4n) is 3.63. The van der Waals surface area contributed by atoms with E-state index in [-0.39, 0.29) is 23.9 Å². The van der Waals surface area contributed by atoms with Gasteiger partial charge in [0.2, 0.25) is 21.8 Å². The van der Waals surface area contributed by atoms with E-state index in [2.05, 4.69) is 5.32 Å². The van der Waals surface area contributed by atoms with Crippen LogP contribution in [0.3, 0.4) is 0 Å². The van der Waals surface area contributed by atoms with Crippen molar-refractivity contribution in [3.8, 4) is 11.5 Å². The van der Waals surface area contributed by atoms with Crippen LogP contribution in [0.15, 0.2) is 36.4 Å². The molecule has 2 aromatic carbocycles. The Bertz CT molecular complexity index is 1190. The molecule has 198 valence electrons. The fourth-order valence-corrected chi connectivity index (χ4v) is 4.95. The average Bonchev–Trinajstić information content (AvgIpc) is 2.82. The molecule has 0 heterocycles. The number of hydrogen-bond donors (Lipinski definition) is 1. The van der Waals surface area contributed by atoms with Crippen molar-refractivity contribution in [3.63, 3.8) is 0 Å². The Hall–Kier alpha value is -2.69. The molecule has 2 aromatic rings. The normalized spacial score (nSPS) is 12.0. The average molecular weight is 561 g/mol. The van der Waals surface area contributed by atoms with Crippen molar-refractivity contribution in [2.75, 3.05) is 37.9 Å². The first-order chi connectivity index (χ1) is 17.0. The second kappa shape index (κ2) is 13.0. The minimum absolute atomic E-state index is 0.0260. The predicted molar refractivity (Wildman–Crippen MR) is 142 cm³/mol. The van der Waals surface area contributed by atoms with Crippen LogP contribution in [-0.4, -0.2) is 64.7 Å². The molecule has 0 bridgehead atoms. The highest BCUT2D eigenvalue weighted by molar-refractivity contribution is 7.92. The molecule has 0 aliphatic rings. The summed E-state index contributed by atoms with van der Waals surface area (Å²) in [5.74, 6) is -0.291. The van der Waals surface area contributed by atoms with Gasteiger partial charge < -0.3 is 19.7 Å². The first kappa shape index (κ1) is 29.5. The number of halogens is 2. The van der Waals surface area contributed by atoms with Gasteiger partial charge in [0.25, 0.3) is 0 Å². The second-order valence-electron chi connectivity index (χ2n) is 7.88. The Labute approximate surface area is 222 Å². The van der Waals surface area contributed by atoms with Gasteiger partial charge in [0, 0.05) is 29.2 Å². The van der Waals surface area contributed by atoms with E-state index < -0.39 is 28.5 Å². The number of carbonyl (C=O) groups is 2. The van der Waals surface area contributed by atoms with Crippen molar-refractivity contribution in [1.29, 1.82) is 0 Å². The molecule has 0 unspecified atom stereocenters. The summed E-state index contributed by atoms with van der Waals surface area (Å²) in [5, 5.41) is 3.48. The lowest BCUT2D eigenvalue weighted by Gasteiger charge is -2.33. The largest absolute Gasteiger partial charge is 0.497 e. The lowest BCUT2D eigenvalue weighted by molar-refractivity contribution is -0.140. The molecule has 36 heavy (non-hydrogen) atoms. The van der Waals surface area contributed by atoms with Crippen LogP contribution in [0, 0.1) is 0 Å². The van der Waals surface area contributed by atoms with E-state index in [0.29, 0.717) is 34.3 Å². The SMILES string of the molecule is CCNC(=O)[C@@H](CC)N(Cc1ccc(Cl)cc1Cl)C(=O)CN(c1ccc(OC)cc1OC)S(C)(=O)=O. The third-order valence-electron chi connectivity index (χ3n) is 5.43. The molecular formula is C24H31Cl2N3O6S. The minimum atomic E-state index is -3.93. The van der Waals surface area contributed by atoms with Gasteiger partial charge in [0.1, 0.15) is 24.1 Å². The molecule has 0 saturated carbocycles. The number of amides is 2. The van der Waals surface area contributed by atoms with E-state index in [0.717, 1.165) is 10.6 Å². The zero-order valence-electron chi connectivity index (χ0n) is 20.9. The van der Waals surface area contributed by atoms with Crippen LogP contribution in [0.1, 0.15) is 25.8 Å². The van der Waals surface area contributed by atoms with E-state index in [1.807, 2.05) is 0 Å². The van der Waals surface area contributed by atoms with Crippen LogP contribution in [0.25, 0.3) is 0 Å². The Morgan fingerprint density at radius 2 is 1.75 bits per heavy atom. The molecule has 0 spiro atoms. The zero-order valence-corrected chi connectivity index (χ0v) is 23.2. The fraction of sp³-hybridized carbons (Fsp3) is 0.417. The Morgan fingerprint density at radius 1 is 1.06 bits per heavy atom. The summed E-state index contributed by atoms with van der Waals surface area (Å²) >= 11 is 12.4. The summed E-state index contributed by atoms with van der Waals surface area (Å²) in [5.41, 5.74) is 0.717. The van der Waals surface area contributed by atoms with Gasteiger partial charge in [-0.15, -0.1) is 0 Å². The summed E-state index contributed by atoms with van der Waals surface area (Å²) in [4.78, 5) is 27.9. The molecule has 2 amide bonds. The lowest BCUT2D eigenvalue weighted by Crippen LogP contribution is -2.52. The maximum absolute atomic E-state index is 13.7. The summed E-state index contributed by atoms with van der Waals surface area (Å²) in [6, 6.07) is 8.55. The van der Waals surface area contributed by atoms with E-state index >= 15 is 0 Å². The number of methoxy groups -OCH3 is 2. The number of nitrogens with zero attached hydrogens (tertiary/aromatic N) is 2. The van der Waals surface area contributed by atoms with Crippen molar-refractivity contribution < 1.29 is 27.5 Å². The highest BCUT2D eigenvalue weighted by Crippen LogP contribution is 2.34. The van der Waals surface area contributed by atoms with Crippen molar-refractivity contribution in [1.82, 2.24) is 10.2 Å². The molecule has 0 aromatic heterocycles. The van der Waals surface area contributed by atoms with Crippen LogP contribution < -0.4 is 19.1 Å². The number of rotatable bonds is 12. The van der Waals surface area contributed by atoms with E-state index in [1.165, 1.54) is 31.3 Å². The van der Waals surface area contributed by atoms with Gasteiger partial charge in [0.15, 0.2) is 0 Å². The smallest absolute Gasteiger partial charge is 0.244 e. The predicted octanol–water partition coefficient (Wildman–Crippen LogP) is 3.72. The van der Waals surface area contributed by atoms with Crippen molar-refractivity contribution in [3.05, 3.63) is 52.0 Å². The molecule has 0 fully saturated rings. The quantitative estimate of drug-likeness (QED) is 0.425. The Balaban J connectivity index is 2.53. The van der Waals surface area contributed by atoms with Gasteiger partial charge in [-0.2, -0.15) is 0 Å². The van der Waals surface area contributed by atoms with Gasteiger partial charge >= 0.3 is 0 Å². The monoisotopic (exact) mass is 559 g/mol. The van der Waals surface area contributed by atoms with Gasteiger partial charge in [-0.25, -0.2) is 8.42 Å². The van der Waals surface area contributed by atoms with Crippen molar-refractivity contribution in [2.45, 2.75) is 32.9 Å². The van der Waals surface area contributed by atoms with Crippen LogP contribution in [0.4, 0.5) is 5.69 Å². The molecule has 2 rings (SSSR count). The summed E-state index contributed by atoms with van der Waals surface area (Å²) < 4.78 is 37.1. The summed E-state index contributed by atoms with van der Waals surface area (Å²) in [6.07, 6.45) is 1.29. The molecule has 0 radical (unpaired) electrons. The molecule has 0 saturated heterocycles. The molecule has 1 atom stereocenters. The Kier molecular flexibility index (Phi) is 10.7. The van der Waals surface area contributed by atoms with Gasteiger partial charge in [-0.3, -0.25) is 13.9 Å². The lowest BCUT2D eigenvalue weighted by atomic mass is 10.1. The van der Waals surface area contributed by atoms with Gasteiger partial charge in [-0.1, -0.05) is 36.2 Å². The number of sulfonamides is 1. The number of ether oxygens (including phenoxy) is 2. The standard InChI is InChI=1S/C24H31Cl2N3O6S/c1-6-20(24(31)27-7-2)28(14-16-8-9-17(25)12-19(16)26)23(30)15-29(36(5,32)33)21-11-10-18(34-3)13-22(21)35-4/h8-13,20H,6-7,14-15H2,1-5H3,(H,27,31)/t20-/m1/s1. The van der Waals surface area contributed by atoms with Crippen molar-refractivity contribution in [2.24, 2.45) is 0 Å². The van der Waals surface area contributed by atoms with Crippen LogP contribution >= 0.6 is 23.2 Å². The van der Waals surface area contributed by atoms with Crippen molar-refractivity contribution >= 4 is 50.7 Å². The summed E-state index contributed by atoms with van der Waals surface area (Å²) in [6.45, 7) is 3.32. The molecule has 0 aliphatic carbocycles. The first-order valence-electron chi connectivity index (χ1n) is 11.2. The minimum Gasteiger partial charge on any atom is -0.497 e. The number of hydrogen-bond acceptors (Lipinski definition) is 6. The number of nitrogens with one attached hydrogen (secondary N) is 1. The van der Waals surface area contributed by atoms with Crippen LogP contribution in [0.2, 0.25) is 10.0 Å². The number of anilines is 1. The highest BCUT2D eigenvalue weighted by atomic mass is 35.5. The molecule has 9 nitrogen and oxygen atoms in total. The van der Waals surface area contributed by atoms with E-state index in [9.17, 15) is 18.0 Å². The van der Waals surface area contributed by atoms with Crippen LogP contribution in [0.5, 0.6) is 11.5 Å². The number of likely N-dealkylation sites (N-methyl/N-ethyl adjacent to an activating group) is 1. The maximum Gasteiger partial charge on any atom is 0.244 e. The third-order valence-corrected chi connectivity index (χ3v) is 7.14. The van der Waals surface area contributed by atoms with Gasteiger partial charge in [0.05, 0.1) is 26.2 Å². The van der Waals surface area contributed by atoms with E-state index in [4.69, 9.17) is 32.7 Å². The first-order valence-corrected chi connectivity index (χ1v) is 13.8. The Morgan fingerprint density at radius 3 is 2.28 bits per heavy atom. The topological polar surface area (TPSA) is 105 Å². The van der Waals surface area contributed by atoms with E-state index in [1.54, 1.807) is 38.1 Å². The molecule has 12 heteroatoms. The summed E-state index contributed by atoms with van der Waals surface area (Å²) in [7, 11) is -1.07. The molecular weight excluding hydrogens is 529 g/mol. The maximum atomic E-state index is 13.7. The molecule has 0 aliphatic heterocycles. The van der Waals surface area contributed by atoms with Gasteiger partial charge in [-0.05, 0) is 43.2 Å². The third kappa shape index (κ3) is 7.41. The van der Waals surface area contributed by atoms with Crippen LogP contribution in [-0.2, 0) is 26.2 Å². The number of benzene rings is 2. The number of carbonyl (C=O) groups excluding carboxylic acids is 2. The highest BCUT2D eigenvalue weighted by Gasteiger charge is 2.32.